The van der Waals surface area contributed by atoms with Crippen molar-refractivity contribution in [3.8, 4) is 0 Å². The standard InChI is InChI=1S/C8H15F3O/c1-6(2)3-7(4-9)12-5-8(10)11/h6-8H,3-5H2,1-2H3. The van der Waals surface area contributed by atoms with Gasteiger partial charge in [0, 0.05) is 0 Å². The van der Waals surface area contributed by atoms with Gasteiger partial charge in [-0.3, -0.25) is 0 Å². The zero-order valence-electron chi connectivity index (χ0n) is 7.40. The van der Waals surface area contributed by atoms with Gasteiger partial charge in [0.15, 0.2) is 0 Å². The molecule has 0 radical (unpaired) electrons. The first-order chi connectivity index (χ1) is 5.56. The molecular formula is C8H15F3O. The zero-order chi connectivity index (χ0) is 9.56. The lowest BCUT2D eigenvalue weighted by Gasteiger charge is -2.15. The lowest BCUT2D eigenvalue weighted by molar-refractivity contribution is -0.0390. The van der Waals surface area contributed by atoms with Crippen LogP contribution in [0.3, 0.4) is 0 Å². The minimum atomic E-state index is -2.51. The minimum absolute atomic E-state index is 0.267. The minimum Gasteiger partial charge on any atom is -0.370 e. The number of ether oxygens (including phenoxy) is 1. The topological polar surface area (TPSA) is 9.23 Å². The second-order valence-electron chi connectivity index (χ2n) is 3.13. The molecule has 0 spiro atoms. The molecule has 0 aliphatic carbocycles. The highest BCUT2D eigenvalue weighted by atomic mass is 19.3. The molecule has 0 bridgehead atoms. The van der Waals surface area contributed by atoms with Crippen LogP contribution >= 0.6 is 0 Å². The highest BCUT2D eigenvalue weighted by molar-refractivity contribution is 4.59. The molecule has 0 saturated carbocycles. The van der Waals surface area contributed by atoms with Gasteiger partial charge in [-0.15, -0.1) is 0 Å². The van der Waals surface area contributed by atoms with Crippen molar-refractivity contribution in [1.29, 1.82) is 0 Å². The van der Waals surface area contributed by atoms with E-state index in [1.807, 2.05) is 13.8 Å². The summed E-state index contributed by atoms with van der Waals surface area (Å²) in [5.41, 5.74) is 0. The van der Waals surface area contributed by atoms with Gasteiger partial charge in [0.25, 0.3) is 6.43 Å². The first-order valence-corrected chi connectivity index (χ1v) is 4.02. The van der Waals surface area contributed by atoms with E-state index in [4.69, 9.17) is 0 Å². The third kappa shape index (κ3) is 6.46. The summed E-state index contributed by atoms with van der Waals surface area (Å²) in [5.74, 6) is 0.267. The first-order valence-electron chi connectivity index (χ1n) is 4.02. The maximum absolute atomic E-state index is 12.1. The Balaban J connectivity index is 3.53. The lowest BCUT2D eigenvalue weighted by atomic mass is 10.1. The summed E-state index contributed by atoms with van der Waals surface area (Å²) in [7, 11) is 0. The highest BCUT2D eigenvalue weighted by Gasteiger charge is 2.13. The van der Waals surface area contributed by atoms with E-state index in [9.17, 15) is 13.2 Å². The molecule has 0 amide bonds. The molecule has 0 saturated heterocycles. The predicted molar refractivity (Wildman–Crippen MR) is 41.2 cm³/mol. The van der Waals surface area contributed by atoms with Crippen LogP contribution < -0.4 is 0 Å². The molecule has 0 aromatic heterocycles. The van der Waals surface area contributed by atoms with Gasteiger partial charge >= 0.3 is 0 Å². The molecule has 1 nitrogen and oxygen atoms in total. The molecule has 0 aliphatic heterocycles. The molecule has 4 heteroatoms. The SMILES string of the molecule is CC(C)CC(CF)OCC(F)F. The quantitative estimate of drug-likeness (QED) is 0.616. The molecule has 74 valence electrons. The number of alkyl halides is 3. The summed E-state index contributed by atoms with van der Waals surface area (Å²) < 4.78 is 40.0. The molecule has 0 N–H and O–H groups in total. The van der Waals surface area contributed by atoms with E-state index in [1.165, 1.54) is 0 Å². The van der Waals surface area contributed by atoms with Crippen LogP contribution in [-0.2, 0) is 4.74 Å². The van der Waals surface area contributed by atoms with Crippen molar-refractivity contribution in [1.82, 2.24) is 0 Å². The van der Waals surface area contributed by atoms with E-state index in [2.05, 4.69) is 4.74 Å². The highest BCUT2D eigenvalue weighted by Crippen LogP contribution is 2.09. The third-order valence-electron chi connectivity index (χ3n) is 1.36. The van der Waals surface area contributed by atoms with Crippen molar-refractivity contribution in [2.45, 2.75) is 32.8 Å². The molecule has 0 aliphatic rings. The smallest absolute Gasteiger partial charge is 0.261 e. The molecule has 0 aromatic rings. The van der Waals surface area contributed by atoms with Crippen LogP contribution in [0.1, 0.15) is 20.3 Å². The van der Waals surface area contributed by atoms with Crippen LogP contribution in [0.5, 0.6) is 0 Å². The Morgan fingerprint density at radius 1 is 1.25 bits per heavy atom. The average molecular weight is 184 g/mol. The van der Waals surface area contributed by atoms with Gasteiger partial charge < -0.3 is 4.74 Å². The largest absolute Gasteiger partial charge is 0.370 e. The normalized spacial score (nSPS) is 14.2. The molecule has 0 aromatic carbocycles. The van der Waals surface area contributed by atoms with Crippen molar-refractivity contribution in [2.75, 3.05) is 13.3 Å². The van der Waals surface area contributed by atoms with E-state index in [0.717, 1.165) is 0 Å². The summed E-state index contributed by atoms with van der Waals surface area (Å²) in [6.07, 6.45) is -2.69. The summed E-state index contributed by atoms with van der Waals surface area (Å²) in [6.45, 7) is 2.44. The van der Waals surface area contributed by atoms with Crippen molar-refractivity contribution in [2.24, 2.45) is 5.92 Å². The van der Waals surface area contributed by atoms with Crippen LogP contribution in [0.15, 0.2) is 0 Å². The summed E-state index contributed by atoms with van der Waals surface area (Å²) in [6, 6.07) is 0. The van der Waals surface area contributed by atoms with Crippen molar-refractivity contribution >= 4 is 0 Å². The van der Waals surface area contributed by atoms with Gasteiger partial charge in [-0.05, 0) is 12.3 Å². The summed E-state index contributed by atoms with van der Waals surface area (Å²) >= 11 is 0. The zero-order valence-corrected chi connectivity index (χ0v) is 7.40. The van der Waals surface area contributed by atoms with E-state index in [1.54, 1.807) is 0 Å². The second-order valence-corrected chi connectivity index (χ2v) is 3.13. The Bertz CT molecular complexity index is 106. The van der Waals surface area contributed by atoms with Gasteiger partial charge in [0.05, 0.1) is 6.10 Å². The second kappa shape index (κ2) is 6.29. The number of rotatable bonds is 6. The Labute approximate surface area is 70.9 Å². The molecule has 12 heavy (non-hydrogen) atoms. The van der Waals surface area contributed by atoms with E-state index >= 15 is 0 Å². The summed E-state index contributed by atoms with van der Waals surface area (Å²) in [4.78, 5) is 0. The lowest BCUT2D eigenvalue weighted by Crippen LogP contribution is -2.21. The van der Waals surface area contributed by atoms with Gasteiger partial charge in [-0.25, -0.2) is 13.2 Å². The third-order valence-corrected chi connectivity index (χ3v) is 1.36. The molecule has 0 rings (SSSR count). The average Bonchev–Trinajstić information content (AvgIpc) is 1.97. The van der Waals surface area contributed by atoms with Gasteiger partial charge in [0.1, 0.15) is 13.3 Å². The maximum atomic E-state index is 12.1. The molecule has 0 heterocycles. The van der Waals surface area contributed by atoms with Crippen LogP contribution in [0.25, 0.3) is 0 Å². The van der Waals surface area contributed by atoms with Crippen molar-refractivity contribution < 1.29 is 17.9 Å². The Hall–Kier alpha value is -0.250. The summed E-state index contributed by atoms with van der Waals surface area (Å²) in [5, 5.41) is 0. The number of halogens is 3. The van der Waals surface area contributed by atoms with Crippen LogP contribution in [0.4, 0.5) is 13.2 Å². The first kappa shape index (κ1) is 11.8. The molecular weight excluding hydrogens is 169 g/mol. The van der Waals surface area contributed by atoms with Gasteiger partial charge in [-0.1, -0.05) is 13.8 Å². The van der Waals surface area contributed by atoms with E-state index in [0.29, 0.717) is 6.42 Å². The van der Waals surface area contributed by atoms with E-state index < -0.39 is 25.8 Å². The Kier molecular flexibility index (Phi) is 6.16. The van der Waals surface area contributed by atoms with Crippen molar-refractivity contribution in [3.05, 3.63) is 0 Å². The molecule has 1 atom stereocenters. The fraction of sp³-hybridized carbons (Fsp3) is 1.00. The number of hydrogen-bond acceptors (Lipinski definition) is 1. The monoisotopic (exact) mass is 184 g/mol. The van der Waals surface area contributed by atoms with Crippen molar-refractivity contribution in [3.63, 3.8) is 0 Å². The maximum Gasteiger partial charge on any atom is 0.261 e. The molecule has 1 unspecified atom stereocenters. The fourth-order valence-corrected chi connectivity index (χ4v) is 0.910. The Morgan fingerprint density at radius 2 is 1.83 bits per heavy atom. The molecule has 0 fully saturated rings. The van der Waals surface area contributed by atoms with Crippen LogP contribution in [-0.4, -0.2) is 25.8 Å². The Morgan fingerprint density at radius 3 is 2.17 bits per heavy atom. The predicted octanol–water partition coefficient (Wildman–Crippen LogP) is 2.65. The van der Waals surface area contributed by atoms with Gasteiger partial charge in [0.2, 0.25) is 0 Å². The fourth-order valence-electron chi connectivity index (χ4n) is 0.910. The van der Waals surface area contributed by atoms with Gasteiger partial charge in [-0.2, -0.15) is 0 Å². The van der Waals surface area contributed by atoms with E-state index in [-0.39, 0.29) is 5.92 Å². The number of hydrogen-bond donors (Lipinski definition) is 0. The van der Waals surface area contributed by atoms with Crippen LogP contribution in [0.2, 0.25) is 0 Å². The van der Waals surface area contributed by atoms with Crippen LogP contribution in [0, 0.1) is 5.92 Å².